The van der Waals surface area contributed by atoms with Crippen molar-refractivity contribution in [3.8, 4) is 5.88 Å². The van der Waals surface area contributed by atoms with Gasteiger partial charge in [-0.05, 0) is 0 Å². The predicted octanol–water partition coefficient (Wildman–Crippen LogP) is 0.407. The number of ether oxygens (including phenoxy) is 1. The van der Waals surface area contributed by atoms with Gasteiger partial charge in [-0.3, -0.25) is 9.48 Å². The van der Waals surface area contributed by atoms with Crippen molar-refractivity contribution in [1.82, 2.24) is 14.7 Å². The van der Waals surface area contributed by atoms with Crippen LogP contribution in [0.1, 0.15) is 12.6 Å². The van der Waals surface area contributed by atoms with Crippen molar-refractivity contribution in [2.24, 2.45) is 7.05 Å². The van der Waals surface area contributed by atoms with Crippen LogP contribution in [0.25, 0.3) is 0 Å². The molecule has 0 aliphatic heterocycles. The van der Waals surface area contributed by atoms with E-state index in [9.17, 15) is 4.79 Å². The first-order valence-electron chi connectivity index (χ1n) is 4.33. The molecule has 0 bridgehead atoms. The van der Waals surface area contributed by atoms with Crippen LogP contribution in [0.4, 0.5) is 0 Å². The Morgan fingerprint density at radius 1 is 1.71 bits per heavy atom. The van der Waals surface area contributed by atoms with Crippen molar-refractivity contribution in [2.45, 2.75) is 13.5 Å². The first-order valence-corrected chi connectivity index (χ1v) is 4.33. The lowest BCUT2D eigenvalue weighted by Gasteiger charge is -2.13. The molecule has 0 saturated heterocycles. The molecule has 0 fully saturated rings. The van der Waals surface area contributed by atoms with E-state index in [1.54, 1.807) is 23.7 Å². The van der Waals surface area contributed by atoms with E-state index in [2.05, 4.69) is 5.10 Å². The predicted molar refractivity (Wildman–Crippen MR) is 51.9 cm³/mol. The minimum atomic E-state index is 0.0326. The van der Waals surface area contributed by atoms with E-state index in [0.29, 0.717) is 12.4 Å². The second-order valence-electron chi connectivity index (χ2n) is 3.18. The highest BCUT2D eigenvalue weighted by Gasteiger charge is 2.09. The first kappa shape index (κ1) is 10.6. The Kier molecular flexibility index (Phi) is 3.11. The smallest absolute Gasteiger partial charge is 0.232 e. The molecule has 0 unspecified atom stereocenters. The Labute approximate surface area is 83.3 Å². The maximum absolute atomic E-state index is 11.0. The van der Waals surface area contributed by atoms with E-state index >= 15 is 0 Å². The molecule has 0 saturated carbocycles. The maximum Gasteiger partial charge on any atom is 0.232 e. The summed E-state index contributed by atoms with van der Waals surface area (Å²) in [5.41, 5.74) is 0.944. The highest BCUT2D eigenvalue weighted by Crippen LogP contribution is 2.11. The third-order valence-corrected chi connectivity index (χ3v) is 2.10. The van der Waals surface area contributed by atoms with Crippen LogP contribution in [-0.4, -0.2) is 34.7 Å². The third-order valence-electron chi connectivity index (χ3n) is 2.10. The normalized spacial score (nSPS) is 10.0. The van der Waals surface area contributed by atoms with Gasteiger partial charge < -0.3 is 9.64 Å². The molecule has 1 aromatic rings. The Morgan fingerprint density at radius 2 is 2.36 bits per heavy atom. The van der Waals surface area contributed by atoms with E-state index in [-0.39, 0.29) is 5.91 Å². The van der Waals surface area contributed by atoms with E-state index in [1.165, 1.54) is 6.92 Å². The molecule has 0 radical (unpaired) electrons. The molecule has 0 aromatic carbocycles. The highest BCUT2D eigenvalue weighted by molar-refractivity contribution is 5.72. The molecule has 0 spiro atoms. The van der Waals surface area contributed by atoms with Crippen LogP contribution in [0.15, 0.2) is 6.07 Å². The Bertz CT molecular complexity index is 333. The van der Waals surface area contributed by atoms with Crippen LogP contribution in [-0.2, 0) is 18.4 Å². The summed E-state index contributed by atoms with van der Waals surface area (Å²) < 4.78 is 6.69. The second kappa shape index (κ2) is 4.13. The molecular formula is C9H15N3O2. The fraction of sp³-hybridized carbons (Fsp3) is 0.556. The van der Waals surface area contributed by atoms with Crippen molar-refractivity contribution >= 4 is 5.91 Å². The Morgan fingerprint density at radius 3 is 2.79 bits per heavy atom. The number of rotatable bonds is 3. The largest absolute Gasteiger partial charge is 0.480 e. The summed E-state index contributed by atoms with van der Waals surface area (Å²) in [6.45, 7) is 2.08. The van der Waals surface area contributed by atoms with Crippen LogP contribution in [0, 0.1) is 0 Å². The number of aryl methyl sites for hydroxylation is 1. The summed E-state index contributed by atoms with van der Waals surface area (Å²) in [7, 11) is 5.15. The monoisotopic (exact) mass is 197 g/mol. The van der Waals surface area contributed by atoms with Crippen molar-refractivity contribution in [3.63, 3.8) is 0 Å². The van der Waals surface area contributed by atoms with Gasteiger partial charge in [-0.15, -0.1) is 5.10 Å². The molecule has 0 aliphatic carbocycles. The van der Waals surface area contributed by atoms with Crippen LogP contribution in [0.3, 0.4) is 0 Å². The number of methoxy groups -OCH3 is 1. The van der Waals surface area contributed by atoms with Crippen LogP contribution >= 0.6 is 0 Å². The van der Waals surface area contributed by atoms with Gasteiger partial charge in [-0.2, -0.15) is 0 Å². The summed E-state index contributed by atoms with van der Waals surface area (Å²) in [5.74, 6) is 0.601. The molecule has 14 heavy (non-hydrogen) atoms. The van der Waals surface area contributed by atoms with Crippen LogP contribution in [0.2, 0.25) is 0 Å². The molecule has 5 heteroatoms. The zero-order valence-electron chi connectivity index (χ0n) is 8.94. The zero-order valence-corrected chi connectivity index (χ0v) is 8.94. The lowest BCUT2D eigenvalue weighted by molar-refractivity contribution is -0.128. The number of nitrogens with zero attached hydrogens (tertiary/aromatic N) is 3. The topological polar surface area (TPSA) is 47.4 Å². The Balaban J connectivity index is 2.75. The number of carbonyl (C=O) groups is 1. The van der Waals surface area contributed by atoms with Gasteiger partial charge in [0.2, 0.25) is 11.8 Å². The number of aromatic nitrogens is 2. The van der Waals surface area contributed by atoms with Crippen molar-refractivity contribution in [1.29, 1.82) is 0 Å². The maximum atomic E-state index is 11.0. The average molecular weight is 197 g/mol. The molecule has 5 nitrogen and oxygen atoms in total. The molecular weight excluding hydrogens is 182 g/mol. The molecule has 0 N–H and O–H groups in total. The fourth-order valence-corrected chi connectivity index (χ4v) is 1.08. The van der Waals surface area contributed by atoms with Gasteiger partial charge in [-0.1, -0.05) is 0 Å². The SMILES string of the molecule is COc1cc(CN(C)C(C)=O)n(C)n1. The minimum Gasteiger partial charge on any atom is -0.480 e. The summed E-state index contributed by atoms with van der Waals surface area (Å²) in [5, 5.41) is 4.10. The molecule has 1 aromatic heterocycles. The van der Waals surface area contributed by atoms with E-state index in [0.717, 1.165) is 5.69 Å². The summed E-state index contributed by atoms with van der Waals surface area (Å²) >= 11 is 0. The molecule has 0 aliphatic rings. The van der Waals surface area contributed by atoms with Gasteiger partial charge in [0.25, 0.3) is 0 Å². The minimum absolute atomic E-state index is 0.0326. The van der Waals surface area contributed by atoms with Gasteiger partial charge in [-0.25, -0.2) is 0 Å². The number of hydrogen-bond donors (Lipinski definition) is 0. The van der Waals surface area contributed by atoms with Crippen molar-refractivity contribution < 1.29 is 9.53 Å². The van der Waals surface area contributed by atoms with E-state index in [1.807, 2.05) is 13.1 Å². The third kappa shape index (κ3) is 2.25. The first-order chi connectivity index (χ1) is 6.54. The molecule has 78 valence electrons. The van der Waals surface area contributed by atoms with E-state index in [4.69, 9.17) is 4.74 Å². The molecule has 1 rings (SSSR count). The van der Waals surface area contributed by atoms with Crippen LogP contribution < -0.4 is 4.74 Å². The summed E-state index contributed by atoms with van der Waals surface area (Å²) in [6.07, 6.45) is 0. The zero-order chi connectivity index (χ0) is 10.7. The summed E-state index contributed by atoms with van der Waals surface area (Å²) in [6, 6.07) is 1.82. The van der Waals surface area contributed by atoms with E-state index < -0.39 is 0 Å². The number of hydrogen-bond acceptors (Lipinski definition) is 3. The van der Waals surface area contributed by atoms with Gasteiger partial charge in [0.1, 0.15) is 0 Å². The van der Waals surface area contributed by atoms with Crippen LogP contribution in [0.5, 0.6) is 5.88 Å². The number of amides is 1. The lowest BCUT2D eigenvalue weighted by atomic mass is 10.4. The molecule has 1 amide bonds. The van der Waals surface area contributed by atoms with Gasteiger partial charge in [0.05, 0.1) is 19.3 Å². The quantitative estimate of drug-likeness (QED) is 0.705. The number of carbonyl (C=O) groups excluding carboxylic acids is 1. The molecule has 0 atom stereocenters. The van der Waals surface area contributed by atoms with Crippen molar-refractivity contribution in [2.75, 3.05) is 14.2 Å². The van der Waals surface area contributed by atoms with Crippen molar-refractivity contribution in [3.05, 3.63) is 11.8 Å². The standard InChI is InChI=1S/C9H15N3O2/c1-7(13)11(2)6-8-5-9(14-4)10-12(8)3/h5H,6H2,1-4H3. The highest BCUT2D eigenvalue weighted by atomic mass is 16.5. The average Bonchev–Trinajstić information content (AvgIpc) is 2.47. The van der Waals surface area contributed by atoms with Gasteiger partial charge in [0, 0.05) is 27.1 Å². The van der Waals surface area contributed by atoms with Gasteiger partial charge in [0.15, 0.2) is 0 Å². The lowest BCUT2D eigenvalue weighted by Crippen LogP contribution is -2.24. The summed E-state index contributed by atoms with van der Waals surface area (Å²) in [4.78, 5) is 12.6. The van der Waals surface area contributed by atoms with Gasteiger partial charge >= 0.3 is 0 Å². The molecule has 1 heterocycles. The fourth-order valence-electron chi connectivity index (χ4n) is 1.08. The Hall–Kier alpha value is -1.52. The second-order valence-corrected chi connectivity index (χ2v) is 3.18.